The fourth-order valence-corrected chi connectivity index (χ4v) is 4.34. The Morgan fingerprint density at radius 3 is 3.00 bits per heavy atom. The number of nitrogens with zero attached hydrogens (tertiary/aromatic N) is 3. The first-order valence-electron chi connectivity index (χ1n) is 8.41. The van der Waals surface area contributed by atoms with Gasteiger partial charge in [0.15, 0.2) is 5.13 Å². The van der Waals surface area contributed by atoms with Gasteiger partial charge in [-0.15, -0.1) is 0 Å². The number of aryl methyl sites for hydroxylation is 2. The van der Waals surface area contributed by atoms with Crippen molar-refractivity contribution in [3.8, 4) is 16.5 Å². The van der Waals surface area contributed by atoms with Gasteiger partial charge in [-0.2, -0.15) is 5.26 Å². The minimum Gasteiger partial charge on any atom is -0.298 e. The number of anilines is 1. The number of aromatic nitrogens is 2. The predicted molar refractivity (Wildman–Crippen MR) is 101 cm³/mol. The Labute approximate surface area is 155 Å². The van der Waals surface area contributed by atoms with Crippen LogP contribution in [-0.4, -0.2) is 15.9 Å². The van der Waals surface area contributed by atoms with Crippen molar-refractivity contribution in [2.75, 3.05) is 5.32 Å². The van der Waals surface area contributed by atoms with Crippen LogP contribution in [0.4, 0.5) is 5.13 Å². The molecule has 26 heavy (non-hydrogen) atoms. The summed E-state index contributed by atoms with van der Waals surface area (Å²) in [5.74, 6) is -0.181. The molecule has 1 N–H and O–H groups in total. The van der Waals surface area contributed by atoms with Crippen LogP contribution in [0, 0.1) is 18.3 Å². The molecule has 1 amide bonds. The second-order valence-corrected chi connectivity index (χ2v) is 7.24. The summed E-state index contributed by atoms with van der Waals surface area (Å²) in [6.45, 7) is 1.86. The van der Waals surface area contributed by atoms with Gasteiger partial charge in [0, 0.05) is 18.0 Å². The molecule has 128 valence electrons. The van der Waals surface area contributed by atoms with Gasteiger partial charge in [0.05, 0.1) is 22.2 Å². The molecule has 1 aliphatic rings. The van der Waals surface area contributed by atoms with Crippen LogP contribution in [0.15, 0.2) is 36.7 Å². The van der Waals surface area contributed by atoms with E-state index in [9.17, 15) is 10.1 Å². The molecule has 3 aromatic rings. The summed E-state index contributed by atoms with van der Waals surface area (Å²) in [6, 6.07) is 9.80. The lowest BCUT2D eigenvalue weighted by Crippen LogP contribution is -2.13. The normalized spacial score (nSPS) is 12.5. The summed E-state index contributed by atoms with van der Waals surface area (Å²) in [4.78, 5) is 22.3. The van der Waals surface area contributed by atoms with E-state index in [-0.39, 0.29) is 5.91 Å². The maximum absolute atomic E-state index is 12.5. The number of benzene rings is 1. The molecule has 4 rings (SSSR count). The van der Waals surface area contributed by atoms with Crippen molar-refractivity contribution in [3.05, 3.63) is 64.6 Å². The molecule has 0 spiro atoms. The summed E-state index contributed by atoms with van der Waals surface area (Å²) in [5.41, 5.74) is 5.28. The molecule has 2 aromatic heterocycles. The molecule has 5 nitrogen and oxygen atoms in total. The Kier molecular flexibility index (Phi) is 4.23. The Hall–Kier alpha value is -3.04. The Bertz CT molecular complexity index is 1050. The van der Waals surface area contributed by atoms with E-state index in [0.29, 0.717) is 10.7 Å². The van der Waals surface area contributed by atoms with E-state index >= 15 is 0 Å². The molecular formula is C20H16N4OS. The number of hydrogen-bond acceptors (Lipinski definition) is 5. The van der Waals surface area contributed by atoms with E-state index in [1.807, 2.05) is 25.1 Å². The maximum Gasteiger partial charge on any atom is 0.257 e. The van der Waals surface area contributed by atoms with Crippen molar-refractivity contribution in [2.45, 2.75) is 26.2 Å². The third-order valence-corrected chi connectivity index (χ3v) is 5.61. The number of pyridine rings is 1. The second kappa shape index (κ2) is 6.70. The number of fused-ring (bicyclic) bond motifs is 3. The van der Waals surface area contributed by atoms with Crippen LogP contribution in [0.3, 0.4) is 0 Å². The van der Waals surface area contributed by atoms with Gasteiger partial charge in [-0.25, -0.2) is 4.98 Å². The van der Waals surface area contributed by atoms with Crippen molar-refractivity contribution in [3.63, 3.8) is 0 Å². The third-order valence-electron chi connectivity index (χ3n) is 4.56. The maximum atomic E-state index is 12.5. The van der Waals surface area contributed by atoms with Crippen LogP contribution in [0.2, 0.25) is 0 Å². The molecule has 0 fully saturated rings. The molecule has 0 saturated heterocycles. The standard InChI is InChI=1S/C20H16N4OS/c1-12-11-22-9-8-14(12)19(25)24-20-23-17-7-3-5-15-13(10-21)4-2-6-16(15)18(17)26-20/h2,4,6,8-9,11H,3,5,7H2,1H3,(H,23,24,25). The number of rotatable bonds is 2. The first kappa shape index (κ1) is 16.4. The molecule has 0 atom stereocenters. The highest BCUT2D eigenvalue weighted by molar-refractivity contribution is 7.19. The van der Waals surface area contributed by atoms with Crippen LogP contribution < -0.4 is 5.32 Å². The van der Waals surface area contributed by atoms with Gasteiger partial charge >= 0.3 is 0 Å². The summed E-state index contributed by atoms with van der Waals surface area (Å²) in [5, 5.41) is 12.9. The topological polar surface area (TPSA) is 78.7 Å². The van der Waals surface area contributed by atoms with E-state index in [0.717, 1.165) is 52.1 Å². The third kappa shape index (κ3) is 2.87. The molecular weight excluding hydrogens is 344 g/mol. The molecule has 0 saturated carbocycles. The summed E-state index contributed by atoms with van der Waals surface area (Å²) >= 11 is 1.47. The lowest BCUT2D eigenvalue weighted by atomic mass is 9.98. The molecule has 2 heterocycles. The molecule has 0 unspecified atom stereocenters. The van der Waals surface area contributed by atoms with Gasteiger partial charge in [-0.05, 0) is 55.0 Å². The number of amides is 1. The summed E-state index contributed by atoms with van der Waals surface area (Å²) < 4.78 is 0. The fraction of sp³-hybridized carbons (Fsp3) is 0.200. The van der Waals surface area contributed by atoms with Crippen LogP contribution in [0.25, 0.3) is 10.4 Å². The largest absolute Gasteiger partial charge is 0.298 e. The highest BCUT2D eigenvalue weighted by atomic mass is 32.1. The van der Waals surface area contributed by atoms with Crippen LogP contribution in [-0.2, 0) is 12.8 Å². The zero-order valence-electron chi connectivity index (χ0n) is 14.2. The average molecular weight is 360 g/mol. The zero-order valence-corrected chi connectivity index (χ0v) is 15.1. The van der Waals surface area contributed by atoms with Gasteiger partial charge in [-0.1, -0.05) is 23.5 Å². The van der Waals surface area contributed by atoms with Crippen molar-refractivity contribution in [1.29, 1.82) is 5.26 Å². The first-order chi connectivity index (χ1) is 12.7. The molecule has 1 aromatic carbocycles. The van der Waals surface area contributed by atoms with Crippen LogP contribution in [0.5, 0.6) is 0 Å². The lowest BCUT2D eigenvalue weighted by molar-refractivity contribution is 0.102. The molecule has 6 heteroatoms. The lowest BCUT2D eigenvalue weighted by Gasteiger charge is -2.07. The average Bonchev–Trinajstić information content (AvgIpc) is 2.96. The number of carbonyl (C=O) groups is 1. The van der Waals surface area contributed by atoms with Gasteiger partial charge in [0.2, 0.25) is 0 Å². The first-order valence-corrected chi connectivity index (χ1v) is 9.23. The van der Waals surface area contributed by atoms with Crippen molar-refractivity contribution < 1.29 is 4.79 Å². The van der Waals surface area contributed by atoms with Crippen molar-refractivity contribution in [2.24, 2.45) is 0 Å². The Morgan fingerprint density at radius 2 is 2.19 bits per heavy atom. The highest BCUT2D eigenvalue weighted by Gasteiger charge is 2.22. The predicted octanol–water partition coefficient (Wildman–Crippen LogP) is 4.13. The SMILES string of the molecule is Cc1cnccc1C(=O)Nc1nc2c(s1)-c1cccc(C#N)c1CCC2. The summed E-state index contributed by atoms with van der Waals surface area (Å²) in [6.07, 6.45) is 5.94. The second-order valence-electron chi connectivity index (χ2n) is 6.24. The van der Waals surface area contributed by atoms with Crippen molar-refractivity contribution in [1.82, 2.24) is 9.97 Å². The Balaban J connectivity index is 1.70. The Morgan fingerprint density at radius 1 is 1.31 bits per heavy atom. The van der Waals surface area contributed by atoms with E-state index in [1.54, 1.807) is 18.5 Å². The van der Waals surface area contributed by atoms with E-state index < -0.39 is 0 Å². The fourth-order valence-electron chi connectivity index (χ4n) is 3.28. The monoisotopic (exact) mass is 360 g/mol. The minimum absolute atomic E-state index is 0.181. The molecule has 0 radical (unpaired) electrons. The van der Waals surface area contributed by atoms with E-state index in [2.05, 4.69) is 21.4 Å². The molecule has 1 aliphatic carbocycles. The van der Waals surface area contributed by atoms with Gasteiger partial charge in [0.1, 0.15) is 0 Å². The number of nitrogens with one attached hydrogen (secondary N) is 1. The van der Waals surface area contributed by atoms with Crippen LogP contribution in [0.1, 0.15) is 39.2 Å². The number of hydrogen-bond donors (Lipinski definition) is 1. The van der Waals surface area contributed by atoms with Gasteiger partial charge < -0.3 is 0 Å². The molecule has 0 bridgehead atoms. The van der Waals surface area contributed by atoms with Gasteiger partial charge in [-0.3, -0.25) is 15.1 Å². The quantitative estimate of drug-likeness (QED) is 0.745. The van der Waals surface area contributed by atoms with Crippen molar-refractivity contribution >= 4 is 22.4 Å². The van der Waals surface area contributed by atoms with E-state index in [4.69, 9.17) is 0 Å². The molecule has 0 aliphatic heterocycles. The van der Waals surface area contributed by atoms with E-state index in [1.165, 1.54) is 11.3 Å². The number of thiazole rings is 1. The number of nitriles is 1. The zero-order chi connectivity index (χ0) is 18.1. The smallest absolute Gasteiger partial charge is 0.257 e. The highest BCUT2D eigenvalue weighted by Crippen LogP contribution is 2.39. The van der Waals surface area contributed by atoms with Gasteiger partial charge in [0.25, 0.3) is 5.91 Å². The summed E-state index contributed by atoms with van der Waals surface area (Å²) in [7, 11) is 0. The number of carbonyl (C=O) groups excluding carboxylic acids is 1. The minimum atomic E-state index is -0.181. The van der Waals surface area contributed by atoms with Crippen LogP contribution >= 0.6 is 11.3 Å².